The summed E-state index contributed by atoms with van der Waals surface area (Å²) in [5, 5.41) is 14.1. The van der Waals surface area contributed by atoms with Gasteiger partial charge in [-0.1, -0.05) is 12.1 Å². The number of nitrogens with zero attached hydrogens (tertiary/aromatic N) is 1. The van der Waals surface area contributed by atoms with Gasteiger partial charge in [0.05, 0.1) is 29.6 Å². The van der Waals surface area contributed by atoms with E-state index < -0.39 is 5.97 Å². The number of aromatic nitrogens is 1. The first kappa shape index (κ1) is 17.0. The molecule has 0 aliphatic carbocycles. The van der Waals surface area contributed by atoms with Gasteiger partial charge in [-0.2, -0.15) is 0 Å². The second kappa shape index (κ2) is 7.73. The van der Waals surface area contributed by atoms with Gasteiger partial charge in [-0.25, -0.2) is 4.98 Å². The molecule has 0 saturated heterocycles. The summed E-state index contributed by atoms with van der Waals surface area (Å²) in [6.07, 6.45) is 0.0514. The fourth-order valence-corrected chi connectivity index (χ4v) is 2.89. The highest BCUT2D eigenvalue weighted by Crippen LogP contribution is 2.17. The molecule has 0 radical (unpaired) electrons. The monoisotopic (exact) mass is 333 g/mol. The molecule has 7 heteroatoms. The number of aromatic carboxylic acids is 1. The van der Waals surface area contributed by atoms with Crippen molar-refractivity contribution in [2.45, 2.75) is 26.8 Å². The number of rotatable bonds is 7. The Morgan fingerprint density at radius 2 is 2.00 bits per heavy atom. The van der Waals surface area contributed by atoms with Gasteiger partial charge in [0.2, 0.25) is 5.91 Å². The maximum absolute atomic E-state index is 11.9. The number of aryl methyl sites for hydroxylation is 1. The number of carbonyl (C=O) groups excluding carboxylic acids is 2. The van der Waals surface area contributed by atoms with E-state index in [2.05, 4.69) is 10.3 Å². The summed E-state index contributed by atoms with van der Waals surface area (Å²) in [6.45, 7) is 4.50. The van der Waals surface area contributed by atoms with E-state index in [1.54, 1.807) is 6.92 Å². The van der Waals surface area contributed by atoms with Crippen LogP contribution in [0.2, 0.25) is 0 Å². The lowest BCUT2D eigenvalue weighted by Gasteiger charge is -2.06. The van der Waals surface area contributed by atoms with Crippen LogP contribution < -0.4 is 15.2 Å². The Morgan fingerprint density at radius 3 is 2.57 bits per heavy atom. The summed E-state index contributed by atoms with van der Waals surface area (Å²) in [5.41, 5.74) is 1.33. The van der Waals surface area contributed by atoms with E-state index in [1.165, 1.54) is 0 Å². The number of carboxylic acids is 1. The van der Waals surface area contributed by atoms with Crippen molar-refractivity contribution in [3.05, 3.63) is 45.4 Å². The van der Waals surface area contributed by atoms with Gasteiger partial charge in [0.25, 0.3) is 0 Å². The van der Waals surface area contributed by atoms with Crippen LogP contribution in [0.1, 0.15) is 32.9 Å². The van der Waals surface area contributed by atoms with Crippen LogP contribution in [0.5, 0.6) is 5.75 Å². The van der Waals surface area contributed by atoms with Gasteiger partial charge < -0.3 is 20.0 Å². The van der Waals surface area contributed by atoms with Gasteiger partial charge >= 0.3 is 0 Å². The normalized spacial score (nSPS) is 10.3. The third-order valence-electron chi connectivity index (χ3n) is 3.06. The van der Waals surface area contributed by atoms with Crippen molar-refractivity contribution in [2.75, 3.05) is 6.61 Å². The van der Waals surface area contributed by atoms with Crippen LogP contribution >= 0.6 is 11.3 Å². The Labute approximate surface area is 138 Å². The molecule has 2 rings (SSSR count). The molecule has 1 N–H and O–H groups in total. The maximum Gasteiger partial charge on any atom is 0.227 e. The largest absolute Gasteiger partial charge is 0.544 e. The van der Waals surface area contributed by atoms with Crippen molar-refractivity contribution in [3.63, 3.8) is 0 Å². The average Bonchev–Trinajstić information content (AvgIpc) is 2.87. The van der Waals surface area contributed by atoms with E-state index in [0.717, 1.165) is 22.6 Å². The molecule has 0 aliphatic heterocycles. The molecular formula is C16H17N2O4S-. The highest BCUT2D eigenvalue weighted by molar-refractivity contribution is 7.13. The number of benzene rings is 1. The van der Waals surface area contributed by atoms with Gasteiger partial charge in [-0.05, 0) is 31.5 Å². The molecule has 1 aromatic heterocycles. The summed E-state index contributed by atoms with van der Waals surface area (Å²) in [6, 6.07) is 7.46. The Balaban J connectivity index is 1.87. The number of amides is 1. The summed E-state index contributed by atoms with van der Waals surface area (Å²) in [5.74, 6) is -0.686. The summed E-state index contributed by atoms with van der Waals surface area (Å²) in [7, 11) is 0. The molecule has 0 atom stereocenters. The van der Waals surface area contributed by atoms with Crippen molar-refractivity contribution >= 4 is 23.2 Å². The van der Waals surface area contributed by atoms with E-state index >= 15 is 0 Å². The third-order valence-corrected chi connectivity index (χ3v) is 4.20. The molecule has 122 valence electrons. The predicted molar refractivity (Wildman–Crippen MR) is 84.3 cm³/mol. The van der Waals surface area contributed by atoms with Gasteiger partial charge in [0.1, 0.15) is 10.8 Å². The molecular weight excluding hydrogens is 316 g/mol. The fourth-order valence-electron chi connectivity index (χ4n) is 1.99. The molecule has 2 aromatic rings. The maximum atomic E-state index is 11.9. The van der Waals surface area contributed by atoms with Crippen LogP contribution in [-0.2, 0) is 17.8 Å². The standard InChI is InChI=1S/C16H18N2O4S/c1-3-22-12-6-4-11(5-7-12)9-17-13(19)8-14-18-10(2)15(23-14)16(20)21/h4-7H,3,8-9H2,1-2H3,(H,17,19)(H,20,21)/p-1. The Bertz CT molecular complexity index is 695. The van der Waals surface area contributed by atoms with E-state index in [-0.39, 0.29) is 17.2 Å². The molecule has 23 heavy (non-hydrogen) atoms. The van der Waals surface area contributed by atoms with Crippen molar-refractivity contribution < 1.29 is 19.4 Å². The molecule has 1 heterocycles. The van der Waals surface area contributed by atoms with Gasteiger partial charge in [-0.3, -0.25) is 4.79 Å². The Morgan fingerprint density at radius 1 is 1.30 bits per heavy atom. The fraction of sp³-hybridized carbons (Fsp3) is 0.312. The number of thiazole rings is 1. The zero-order valence-electron chi connectivity index (χ0n) is 12.9. The first-order valence-electron chi connectivity index (χ1n) is 7.15. The second-order valence-electron chi connectivity index (χ2n) is 4.84. The quantitative estimate of drug-likeness (QED) is 0.818. The zero-order valence-corrected chi connectivity index (χ0v) is 13.7. The molecule has 0 fully saturated rings. The van der Waals surface area contributed by atoms with Crippen molar-refractivity contribution in [3.8, 4) is 5.75 Å². The number of ether oxygens (including phenoxy) is 1. The SMILES string of the molecule is CCOc1ccc(CNC(=O)Cc2nc(C)c(C(=O)[O-])s2)cc1. The number of hydrogen-bond acceptors (Lipinski definition) is 6. The number of carbonyl (C=O) groups is 2. The Hall–Kier alpha value is -2.41. The lowest BCUT2D eigenvalue weighted by Crippen LogP contribution is -2.24. The predicted octanol–water partition coefficient (Wildman–Crippen LogP) is 1.07. The number of hydrogen-bond donors (Lipinski definition) is 1. The average molecular weight is 333 g/mol. The summed E-state index contributed by atoms with van der Waals surface area (Å²) < 4.78 is 5.35. The number of nitrogens with one attached hydrogen (secondary N) is 1. The Kier molecular flexibility index (Phi) is 5.70. The van der Waals surface area contributed by atoms with Crippen molar-refractivity contribution in [2.24, 2.45) is 0 Å². The van der Waals surface area contributed by atoms with E-state index in [9.17, 15) is 14.7 Å². The summed E-state index contributed by atoms with van der Waals surface area (Å²) in [4.78, 5) is 26.9. The minimum absolute atomic E-state index is 0.0514. The lowest BCUT2D eigenvalue weighted by molar-refractivity contribution is -0.254. The summed E-state index contributed by atoms with van der Waals surface area (Å²) >= 11 is 0.975. The first-order chi connectivity index (χ1) is 11.0. The van der Waals surface area contributed by atoms with Crippen LogP contribution in [0, 0.1) is 6.92 Å². The van der Waals surface area contributed by atoms with Crippen LogP contribution in [-0.4, -0.2) is 23.5 Å². The number of carboxylic acid groups (broad SMARTS) is 1. The van der Waals surface area contributed by atoms with Crippen molar-refractivity contribution in [1.29, 1.82) is 0 Å². The third kappa shape index (κ3) is 4.79. The van der Waals surface area contributed by atoms with Crippen LogP contribution in [0.3, 0.4) is 0 Å². The van der Waals surface area contributed by atoms with Gasteiger partial charge in [0.15, 0.2) is 0 Å². The highest BCUT2D eigenvalue weighted by Gasteiger charge is 2.11. The van der Waals surface area contributed by atoms with Gasteiger partial charge in [-0.15, -0.1) is 11.3 Å². The molecule has 0 aliphatic rings. The van der Waals surface area contributed by atoms with E-state index in [1.807, 2.05) is 31.2 Å². The van der Waals surface area contributed by atoms with Gasteiger partial charge in [0, 0.05) is 6.54 Å². The van der Waals surface area contributed by atoms with Crippen LogP contribution in [0.25, 0.3) is 0 Å². The van der Waals surface area contributed by atoms with Crippen LogP contribution in [0.15, 0.2) is 24.3 Å². The minimum atomic E-state index is -1.26. The molecule has 0 bridgehead atoms. The molecule has 0 spiro atoms. The lowest BCUT2D eigenvalue weighted by atomic mass is 10.2. The molecule has 0 saturated carbocycles. The smallest absolute Gasteiger partial charge is 0.227 e. The molecule has 0 unspecified atom stereocenters. The first-order valence-corrected chi connectivity index (χ1v) is 7.97. The van der Waals surface area contributed by atoms with Crippen molar-refractivity contribution in [1.82, 2.24) is 10.3 Å². The highest BCUT2D eigenvalue weighted by atomic mass is 32.1. The zero-order chi connectivity index (χ0) is 16.8. The van der Waals surface area contributed by atoms with E-state index in [4.69, 9.17) is 4.74 Å². The molecule has 6 nitrogen and oxygen atoms in total. The molecule has 1 amide bonds. The minimum Gasteiger partial charge on any atom is -0.544 e. The van der Waals surface area contributed by atoms with E-state index in [0.29, 0.717) is 23.9 Å². The topological polar surface area (TPSA) is 91.3 Å². The second-order valence-corrected chi connectivity index (χ2v) is 5.92. The molecule has 1 aromatic carbocycles. The van der Waals surface area contributed by atoms with Crippen LogP contribution in [0.4, 0.5) is 0 Å².